The summed E-state index contributed by atoms with van der Waals surface area (Å²) in [5.74, 6) is -1.29. The van der Waals surface area contributed by atoms with Gasteiger partial charge in [0.2, 0.25) is 5.60 Å². The second kappa shape index (κ2) is 5.68. The summed E-state index contributed by atoms with van der Waals surface area (Å²) in [4.78, 5) is 37.4. The largest absolute Gasteiger partial charge is 0.454 e. The summed E-state index contributed by atoms with van der Waals surface area (Å²) in [6.45, 7) is 8.86. The van der Waals surface area contributed by atoms with Crippen LogP contribution in [0.1, 0.15) is 47.5 Å². The van der Waals surface area contributed by atoms with E-state index in [9.17, 15) is 14.4 Å². The molecule has 3 aliphatic rings. The van der Waals surface area contributed by atoms with Crippen molar-refractivity contribution in [3.63, 3.8) is 0 Å². The number of ether oxygens (including phenoxy) is 2. The molecule has 0 amide bonds. The van der Waals surface area contributed by atoms with Crippen molar-refractivity contribution in [3.05, 3.63) is 34.9 Å². The number of rotatable bonds is 2. The van der Waals surface area contributed by atoms with Crippen LogP contribution < -0.4 is 0 Å². The van der Waals surface area contributed by atoms with E-state index in [1.165, 1.54) is 0 Å². The Morgan fingerprint density at radius 1 is 1.32 bits per heavy atom. The highest BCUT2D eigenvalue weighted by Gasteiger charge is 2.63. The summed E-state index contributed by atoms with van der Waals surface area (Å²) in [6.07, 6.45) is 5.70. The van der Waals surface area contributed by atoms with Crippen LogP contribution in [0.3, 0.4) is 0 Å². The predicted molar refractivity (Wildman–Crippen MR) is 91.5 cm³/mol. The molecule has 3 rings (SSSR count). The van der Waals surface area contributed by atoms with Crippen molar-refractivity contribution in [2.45, 2.75) is 59.2 Å². The molecule has 2 aliphatic carbocycles. The number of hydrogen-bond acceptors (Lipinski definition) is 5. The van der Waals surface area contributed by atoms with Crippen molar-refractivity contribution in [1.82, 2.24) is 0 Å². The van der Waals surface area contributed by atoms with E-state index in [-0.39, 0.29) is 11.7 Å². The Balaban J connectivity index is 2.00. The quantitative estimate of drug-likeness (QED) is 0.569. The van der Waals surface area contributed by atoms with E-state index in [1.54, 1.807) is 39.0 Å². The lowest BCUT2D eigenvalue weighted by atomic mass is 9.60. The number of esters is 2. The SMILES string of the molecule is CC=C(C)C(=O)OC1(C)C(=O)OC2C3=C(C)C=CC(=O)C3(C)CCC21. The fraction of sp³-hybridized carbons (Fsp3) is 0.550. The molecule has 1 saturated carbocycles. The topological polar surface area (TPSA) is 69.7 Å². The van der Waals surface area contributed by atoms with Gasteiger partial charge in [0, 0.05) is 5.57 Å². The molecule has 1 saturated heterocycles. The zero-order chi connectivity index (χ0) is 18.6. The van der Waals surface area contributed by atoms with Gasteiger partial charge in [0.25, 0.3) is 0 Å². The van der Waals surface area contributed by atoms with Gasteiger partial charge in [-0.25, -0.2) is 9.59 Å². The maximum atomic E-state index is 12.6. The smallest absolute Gasteiger partial charge is 0.351 e. The molecule has 134 valence electrons. The fourth-order valence-corrected chi connectivity index (χ4v) is 4.23. The number of ketones is 1. The van der Waals surface area contributed by atoms with Crippen molar-refractivity contribution in [1.29, 1.82) is 0 Å². The lowest BCUT2D eigenvalue weighted by molar-refractivity contribution is -0.170. The van der Waals surface area contributed by atoms with Crippen molar-refractivity contribution in [3.8, 4) is 0 Å². The number of carbonyl (C=O) groups is 3. The van der Waals surface area contributed by atoms with E-state index in [1.807, 2.05) is 13.8 Å². The lowest BCUT2D eigenvalue weighted by Gasteiger charge is -2.44. The van der Waals surface area contributed by atoms with Crippen LogP contribution in [0.25, 0.3) is 0 Å². The third kappa shape index (κ3) is 2.40. The van der Waals surface area contributed by atoms with Gasteiger partial charge in [-0.1, -0.05) is 12.2 Å². The van der Waals surface area contributed by atoms with Gasteiger partial charge in [0.05, 0.1) is 11.3 Å². The Kier molecular flexibility index (Phi) is 4.01. The Hall–Kier alpha value is -2.17. The van der Waals surface area contributed by atoms with Crippen LogP contribution in [0, 0.1) is 11.3 Å². The van der Waals surface area contributed by atoms with Gasteiger partial charge in [-0.2, -0.15) is 0 Å². The minimum atomic E-state index is -1.33. The number of fused-ring (bicyclic) bond motifs is 3. The van der Waals surface area contributed by atoms with Gasteiger partial charge in [-0.3, -0.25) is 4.79 Å². The Morgan fingerprint density at radius 3 is 2.64 bits per heavy atom. The Bertz CT molecular complexity index is 756. The van der Waals surface area contributed by atoms with Gasteiger partial charge < -0.3 is 9.47 Å². The van der Waals surface area contributed by atoms with Gasteiger partial charge in [-0.15, -0.1) is 0 Å². The van der Waals surface area contributed by atoms with E-state index in [0.29, 0.717) is 18.4 Å². The zero-order valence-electron chi connectivity index (χ0n) is 15.3. The van der Waals surface area contributed by atoms with Gasteiger partial charge >= 0.3 is 11.9 Å². The minimum Gasteiger partial charge on any atom is -0.454 e. The molecule has 0 N–H and O–H groups in total. The summed E-state index contributed by atoms with van der Waals surface area (Å²) >= 11 is 0. The van der Waals surface area contributed by atoms with Crippen molar-refractivity contribution >= 4 is 17.7 Å². The first-order valence-corrected chi connectivity index (χ1v) is 8.66. The molecule has 5 heteroatoms. The molecule has 2 fully saturated rings. The predicted octanol–water partition coefficient (Wildman–Crippen LogP) is 3.05. The summed E-state index contributed by atoms with van der Waals surface area (Å²) in [7, 11) is 0. The number of hydrogen-bond donors (Lipinski definition) is 0. The van der Waals surface area contributed by atoms with Crippen LogP contribution in [0.15, 0.2) is 34.9 Å². The molecule has 4 atom stereocenters. The normalized spacial score (nSPS) is 37.6. The molecule has 4 unspecified atom stereocenters. The highest BCUT2D eigenvalue weighted by atomic mass is 16.6. The molecule has 0 spiro atoms. The van der Waals surface area contributed by atoms with Gasteiger partial charge in [0.15, 0.2) is 5.78 Å². The van der Waals surface area contributed by atoms with Crippen LogP contribution in [0.4, 0.5) is 0 Å². The van der Waals surface area contributed by atoms with Crippen LogP contribution >= 0.6 is 0 Å². The molecular weight excluding hydrogens is 320 g/mol. The monoisotopic (exact) mass is 344 g/mol. The van der Waals surface area contributed by atoms with Crippen molar-refractivity contribution in [2.75, 3.05) is 0 Å². The summed E-state index contributed by atoms with van der Waals surface area (Å²) < 4.78 is 11.3. The van der Waals surface area contributed by atoms with E-state index in [4.69, 9.17) is 9.47 Å². The van der Waals surface area contributed by atoms with Crippen molar-refractivity contribution in [2.24, 2.45) is 11.3 Å². The van der Waals surface area contributed by atoms with Gasteiger partial charge in [0.1, 0.15) is 6.10 Å². The third-order valence-corrected chi connectivity index (χ3v) is 6.06. The van der Waals surface area contributed by atoms with Crippen molar-refractivity contribution < 1.29 is 23.9 Å². The van der Waals surface area contributed by atoms with E-state index in [2.05, 4.69) is 0 Å². The molecule has 25 heavy (non-hydrogen) atoms. The number of carbonyl (C=O) groups excluding carboxylic acids is 3. The molecule has 0 aromatic rings. The molecule has 1 aliphatic heterocycles. The second-order valence-electron chi connectivity index (χ2n) is 7.57. The molecule has 0 aromatic heterocycles. The molecule has 0 aromatic carbocycles. The average molecular weight is 344 g/mol. The first-order valence-electron chi connectivity index (χ1n) is 8.66. The van der Waals surface area contributed by atoms with E-state index < -0.39 is 29.1 Å². The summed E-state index contributed by atoms with van der Waals surface area (Å²) in [5.41, 5.74) is 0.279. The van der Waals surface area contributed by atoms with Crippen LogP contribution in [-0.2, 0) is 23.9 Å². The third-order valence-electron chi connectivity index (χ3n) is 6.06. The van der Waals surface area contributed by atoms with E-state index in [0.717, 1.165) is 11.1 Å². The maximum Gasteiger partial charge on any atom is 0.351 e. The standard InChI is InChI=1S/C20H24O5/c1-6-11(2)17(22)25-20(5)13-9-10-19(4)14(21)8-7-12(3)15(19)16(13)24-18(20)23/h6-8,13,16H,9-10H2,1-5H3. The van der Waals surface area contributed by atoms with Gasteiger partial charge in [-0.05, 0) is 64.7 Å². The molecule has 0 bridgehead atoms. The first-order chi connectivity index (χ1) is 11.6. The number of allylic oxidation sites excluding steroid dienone is 4. The van der Waals surface area contributed by atoms with Crippen LogP contribution in [0.5, 0.6) is 0 Å². The first kappa shape index (κ1) is 17.6. The average Bonchev–Trinajstić information content (AvgIpc) is 2.80. The fourth-order valence-electron chi connectivity index (χ4n) is 4.23. The molecular formula is C20H24O5. The molecule has 1 heterocycles. The highest BCUT2D eigenvalue weighted by Crippen LogP contribution is 2.54. The highest BCUT2D eigenvalue weighted by molar-refractivity contribution is 6.00. The molecule has 5 nitrogen and oxygen atoms in total. The molecule has 0 radical (unpaired) electrons. The van der Waals surface area contributed by atoms with Crippen LogP contribution in [0.2, 0.25) is 0 Å². The minimum absolute atomic E-state index is 0.0398. The zero-order valence-corrected chi connectivity index (χ0v) is 15.3. The Labute approximate surface area is 147 Å². The summed E-state index contributed by atoms with van der Waals surface area (Å²) in [5, 5.41) is 0. The summed E-state index contributed by atoms with van der Waals surface area (Å²) in [6, 6.07) is 0. The lowest BCUT2D eigenvalue weighted by Crippen LogP contribution is -2.49. The Morgan fingerprint density at radius 2 is 2.00 bits per heavy atom. The second-order valence-corrected chi connectivity index (χ2v) is 7.57. The van der Waals surface area contributed by atoms with Crippen LogP contribution in [-0.4, -0.2) is 29.4 Å². The van der Waals surface area contributed by atoms with E-state index >= 15 is 0 Å². The maximum absolute atomic E-state index is 12.6.